The average Bonchev–Trinajstić information content (AvgIpc) is 2.15. The molecule has 3 heteroatoms. The van der Waals surface area contributed by atoms with Crippen molar-refractivity contribution >= 4 is 11.6 Å². The summed E-state index contributed by atoms with van der Waals surface area (Å²) in [6.07, 6.45) is -1.29. The second-order valence-electron chi connectivity index (χ2n) is 3.07. The summed E-state index contributed by atoms with van der Waals surface area (Å²) in [6.45, 7) is 0. The topological polar surface area (TPSA) is 54.4 Å². The fourth-order valence-corrected chi connectivity index (χ4v) is 1.49. The van der Waals surface area contributed by atoms with Gasteiger partial charge in [0.2, 0.25) is 0 Å². The highest BCUT2D eigenvalue weighted by molar-refractivity contribution is 6.17. The SMILES string of the molecule is O=C1Cc2ccccc2C(=O)C1O. The number of aliphatic hydroxyl groups excluding tert-OH is 1. The van der Waals surface area contributed by atoms with Gasteiger partial charge in [0.1, 0.15) is 0 Å². The van der Waals surface area contributed by atoms with Gasteiger partial charge in [-0.2, -0.15) is 0 Å². The highest BCUT2D eigenvalue weighted by Gasteiger charge is 2.31. The normalized spacial score (nSPS) is 21.5. The van der Waals surface area contributed by atoms with Gasteiger partial charge in [-0.25, -0.2) is 0 Å². The highest BCUT2D eigenvalue weighted by atomic mass is 16.3. The van der Waals surface area contributed by atoms with E-state index in [0.717, 1.165) is 0 Å². The molecule has 0 amide bonds. The van der Waals surface area contributed by atoms with Crippen molar-refractivity contribution in [3.05, 3.63) is 35.4 Å². The van der Waals surface area contributed by atoms with Crippen LogP contribution in [-0.4, -0.2) is 22.8 Å². The number of benzene rings is 1. The number of aliphatic hydroxyl groups is 1. The van der Waals surface area contributed by atoms with Crippen LogP contribution in [0.5, 0.6) is 0 Å². The van der Waals surface area contributed by atoms with E-state index in [0.29, 0.717) is 11.1 Å². The molecule has 2 rings (SSSR count). The molecule has 0 bridgehead atoms. The Balaban J connectivity index is 2.55. The van der Waals surface area contributed by atoms with Crippen molar-refractivity contribution in [1.29, 1.82) is 0 Å². The van der Waals surface area contributed by atoms with Crippen LogP contribution in [-0.2, 0) is 11.2 Å². The summed E-state index contributed by atoms with van der Waals surface area (Å²) in [7, 11) is 0. The number of Topliss-reactive ketones (excluding diaryl/α,β-unsaturated/α-hetero) is 2. The lowest BCUT2D eigenvalue weighted by molar-refractivity contribution is -0.124. The zero-order valence-corrected chi connectivity index (χ0v) is 6.86. The van der Waals surface area contributed by atoms with E-state index >= 15 is 0 Å². The molecule has 0 saturated heterocycles. The molecule has 0 heterocycles. The number of hydrogen-bond acceptors (Lipinski definition) is 3. The quantitative estimate of drug-likeness (QED) is 0.580. The third kappa shape index (κ3) is 1.17. The number of carbonyl (C=O) groups is 2. The van der Waals surface area contributed by atoms with Gasteiger partial charge >= 0.3 is 0 Å². The van der Waals surface area contributed by atoms with Crippen LogP contribution in [0.4, 0.5) is 0 Å². The summed E-state index contributed by atoms with van der Waals surface area (Å²) in [6, 6.07) is 6.86. The molecule has 1 N–H and O–H groups in total. The molecule has 1 unspecified atom stereocenters. The van der Waals surface area contributed by atoms with E-state index in [1.165, 1.54) is 0 Å². The van der Waals surface area contributed by atoms with Gasteiger partial charge in [-0.1, -0.05) is 24.3 Å². The first-order valence-electron chi connectivity index (χ1n) is 4.03. The van der Waals surface area contributed by atoms with Crippen molar-refractivity contribution < 1.29 is 14.7 Å². The van der Waals surface area contributed by atoms with E-state index in [1.807, 2.05) is 0 Å². The fourth-order valence-electron chi connectivity index (χ4n) is 1.49. The molecular formula is C10H8O3. The second-order valence-corrected chi connectivity index (χ2v) is 3.07. The van der Waals surface area contributed by atoms with Crippen molar-refractivity contribution in [2.75, 3.05) is 0 Å². The molecule has 0 fully saturated rings. The number of rotatable bonds is 0. The maximum absolute atomic E-state index is 11.4. The van der Waals surface area contributed by atoms with Crippen LogP contribution >= 0.6 is 0 Å². The van der Waals surface area contributed by atoms with E-state index in [-0.39, 0.29) is 6.42 Å². The van der Waals surface area contributed by atoms with Gasteiger partial charge in [0.05, 0.1) is 0 Å². The molecule has 1 aromatic carbocycles. The predicted molar refractivity (Wildman–Crippen MR) is 45.5 cm³/mol. The van der Waals surface area contributed by atoms with Gasteiger partial charge < -0.3 is 5.11 Å². The van der Waals surface area contributed by atoms with Crippen LogP contribution in [0, 0.1) is 0 Å². The summed E-state index contributed by atoms with van der Waals surface area (Å²) >= 11 is 0. The molecule has 1 atom stereocenters. The third-order valence-electron chi connectivity index (χ3n) is 2.20. The first kappa shape index (κ1) is 8.13. The standard InChI is InChI=1S/C10H8O3/c11-8-5-6-3-1-2-4-7(6)9(12)10(8)13/h1-4,10,13H,5H2. The summed E-state index contributed by atoms with van der Waals surface area (Å²) in [5.41, 5.74) is 1.18. The Morgan fingerprint density at radius 2 is 1.92 bits per heavy atom. The first-order valence-corrected chi connectivity index (χ1v) is 4.03. The van der Waals surface area contributed by atoms with Gasteiger partial charge in [-0.15, -0.1) is 0 Å². The number of fused-ring (bicyclic) bond motifs is 1. The molecule has 0 saturated carbocycles. The van der Waals surface area contributed by atoms with Crippen LogP contribution in [0.2, 0.25) is 0 Å². The largest absolute Gasteiger partial charge is 0.377 e. The van der Waals surface area contributed by atoms with Gasteiger partial charge in [-0.05, 0) is 5.56 Å². The molecule has 13 heavy (non-hydrogen) atoms. The summed E-state index contributed by atoms with van der Waals surface area (Å²) in [5, 5.41) is 9.19. The van der Waals surface area contributed by atoms with Crippen molar-refractivity contribution in [1.82, 2.24) is 0 Å². The third-order valence-corrected chi connectivity index (χ3v) is 2.20. The van der Waals surface area contributed by atoms with Crippen molar-refractivity contribution in [3.63, 3.8) is 0 Å². The number of ketones is 2. The van der Waals surface area contributed by atoms with Crippen molar-refractivity contribution in [2.45, 2.75) is 12.5 Å². The molecule has 1 aromatic rings. The van der Waals surface area contributed by atoms with Crippen LogP contribution in [0.3, 0.4) is 0 Å². The van der Waals surface area contributed by atoms with E-state index in [2.05, 4.69) is 0 Å². The lowest BCUT2D eigenvalue weighted by atomic mass is 9.88. The van der Waals surface area contributed by atoms with Crippen LogP contribution in [0.25, 0.3) is 0 Å². The predicted octanol–water partition coefficient (Wildman–Crippen LogP) is 0.355. The molecule has 66 valence electrons. The zero-order valence-electron chi connectivity index (χ0n) is 6.86. The Morgan fingerprint density at radius 3 is 2.69 bits per heavy atom. The Kier molecular flexibility index (Phi) is 1.74. The Bertz CT molecular complexity index is 382. The maximum Gasteiger partial charge on any atom is 0.199 e. The second kappa shape index (κ2) is 2.78. The Hall–Kier alpha value is -1.48. The zero-order chi connectivity index (χ0) is 9.42. The molecule has 1 aliphatic carbocycles. The van der Waals surface area contributed by atoms with Crippen LogP contribution in [0.1, 0.15) is 15.9 Å². The molecular weight excluding hydrogens is 168 g/mol. The minimum atomic E-state index is -1.45. The molecule has 0 spiro atoms. The van der Waals surface area contributed by atoms with E-state index in [4.69, 9.17) is 0 Å². The minimum Gasteiger partial charge on any atom is -0.377 e. The summed E-state index contributed by atoms with van der Waals surface area (Å²) in [5.74, 6) is -0.893. The first-order chi connectivity index (χ1) is 6.20. The van der Waals surface area contributed by atoms with E-state index in [1.54, 1.807) is 24.3 Å². The maximum atomic E-state index is 11.4. The minimum absolute atomic E-state index is 0.156. The van der Waals surface area contributed by atoms with E-state index in [9.17, 15) is 14.7 Å². The lowest BCUT2D eigenvalue weighted by Crippen LogP contribution is -2.36. The Labute approximate surface area is 75.0 Å². The molecule has 1 aliphatic rings. The van der Waals surface area contributed by atoms with Crippen LogP contribution in [0.15, 0.2) is 24.3 Å². The monoisotopic (exact) mass is 176 g/mol. The smallest absolute Gasteiger partial charge is 0.199 e. The van der Waals surface area contributed by atoms with Gasteiger partial charge in [0.25, 0.3) is 0 Å². The molecule has 3 nitrogen and oxygen atoms in total. The Morgan fingerprint density at radius 1 is 1.23 bits per heavy atom. The average molecular weight is 176 g/mol. The highest BCUT2D eigenvalue weighted by Crippen LogP contribution is 2.18. The lowest BCUT2D eigenvalue weighted by Gasteiger charge is -2.17. The van der Waals surface area contributed by atoms with Gasteiger partial charge in [0, 0.05) is 12.0 Å². The summed E-state index contributed by atoms with van der Waals surface area (Å²) in [4.78, 5) is 22.5. The van der Waals surface area contributed by atoms with Crippen molar-refractivity contribution in [3.8, 4) is 0 Å². The van der Waals surface area contributed by atoms with Crippen molar-refractivity contribution in [2.24, 2.45) is 0 Å². The number of hydrogen-bond donors (Lipinski definition) is 1. The van der Waals surface area contributed by atoms with Crippen LogP contribution < -0.4 is 0 Å². The molecule has 0 aromatic heterocycles. The van der Waals surface area contributed by atoms with E-state index < -0.39 is 17.7 Å². The van der Waals surface area contributed by atoms with Gasteiger partial charge in [-0.3, -0.25) is 9.59 Å². The van der Waals surface area contributed by atoms with Gasteiger partial charge in [0.15, 0.2) is 17.7 Å². The summed E-state index contributed by atoms with van der Waals surface area (Å²) < 4.78 is 0. The number of carbonyl (C=O) groups excluding carboxylic acids is 2. The fraction of sp³-hybridized carbons (Fsp3) is 0.200. The molecule has 0 radical (unpaired) electrons. The molecule has 0 aliphatic heterocycles.